The van der Waals surface area contributed by atoms with Crippen molar-refractivity contribution in [3.63, 3.8) is 0 Å². The molecule has 1 amide bonds. The first kappa shape index (κ1) is 19.4. The van der Waals surface area contributed by atoms with Gasteiger partial charge in [-0.25, -0.2) is 18.4 Å². The summed E-state index contributed by atoms with van der Waals surface area (Å²) in [7, 11) is -3.49. The third-order valence-electron chi connectivity index (χ3n) is 5.31. The van der Waals surface area contributed by atoms with Gasteiger partial charge in [0.15, 0.2) is 5.13 Å². The van der Waals surface area contributed by atoms with Crippen molar-refractivity contribution in [1.29, 1.82) is 0 Å². The molecule has 30 heavy (non-hydrogen) atoms. The number of nitrogens with one attached hydrogen (secondary N) is 1. The van der Waals surface area contributed by atoms with E-state index in [0.29, 0.717) is 40.7 Å². The molecule has 2 aliphatic rings. The lowest BCUT2D eigenvalue weighted by Gasteiger charge is -2.16. The summed E-state index contributed by atoms with van der Waals surface area (Å²) in [6, 6.07) is 6.63. The van der Waals surface area contributed by atoms with Gasteiger partial charge in [0.05, 0.1) is 27.9 Å². The van der Waals surface area contributed by atoms with Crippen LogP contribution >= 0.6 is 11.3 Å². The van der Waals surface area contributed by atoms with Crippen LogP contribution in [0.5, 0.6) is 5.75 Å². The number of thiazole rings is 1. The van der Waals surface area contributed by atoms with Crippen LogP contribution in [-0.4, -0.2) is 48.3 Å². The molecule has 156 valence electrons. The Labute approximate surface area is 178 Å². The van der Waals surface area contributed by atoms with Crippen LogP contribution in [-0.2, 0) is 16.4 Å². The summed E-state index contributed by atoms with van der Waals surface area (Å²) >= 11 is 1.24. The van der Waals surface area contributed by atoms with E-state index in [4.69, 9.17) is 4.74 Å². The molecule has 1 aromatic carbocycles. The van der Waals surface area contributed by atoms with E-state index in [-0.39, 0.29) is 10.8 Å². The molecular weight excluding hydrogens is 424 g/mol. The van der Waals surface area contributed by atoms with Crippen LogP contribution in [0.2, 0.25) is 0 Å². The zero-order chi connectivity index (χ0) is 20.7. The molecule has 1 saturated heterocycles. The van der Waals surface area contributed by atoms with Gasteiger partial charge in [0, 0.05) is 13.1 Å². The number of benzene rings is 1. The number of pyridine rings is 1. The number of hydrogen-bond donors (Lipinski definition) is 1. The summed E-state index contributed by atoms with van der Waals surface area (Å²) in [5, 5.41) is 3.18. The van der Waals surface area contributed by atoms with E-state index in [0.717, 1.165) is 37.0 Å². The Morgan fingerprint density at radius 2 is 2.00 bits per heavy atom. The number of rotatable bonds is 4. The molecule has 2 aromatic heterocycles. The number of carbonyl (C=O) groups excluding carboxylic acids is 1. The predicted octanol–water partition coefficient (Wildman–Crippen LogP) is 3.05. The highest BCUT2D eigenvalue weighted by Crippen LogP contribution is 2.31. The second-order valence-electron chi connectivity index (χ2n) is 7.34. The van der Waals surface area contributed by atoms with Crippen LogP contribution in [0, 0.1) is 0 Å². The largest absolute Gasteiger partial charge is 0.492 e. The molecule has 5 rings (SSSR count). The molecule has 0 radical (unpaired) electrons. The summed E-state index contributed by atoms with van der Waals surface area (Å²) in [4.78, 5) is 21.5. The van der Waals surface area contributed by atoms with Crippen LogP contribution < -0.4 is 10.1 Å². The molecule has 0 spiro atoms. The summed E-state index contributed by atoms with van der Waals surface area (Å²) in [6.45, 7) is 1.79. The highest BCUT2D eigenvalue weighted by atomic mass is 32.2. The number of fused-ring (bicyclic) bond motifs is 2. The number of aryl methyl sites for hydroxylation is 1. The Hall–Kier alpha value is -2.56. The number of carbonyl (C=O) groups is 1. The maximum atomic E-state index is 12.8. The number of aromatic nitrogens is 2. The molecule has 0 atom stereocenters. The van der Waals surface area contributed by atoms with Crippen molar-refractivity contribution in [1.82, 2.24) is 14.3 Å². The van der Waals surface area contributed by atoms with Crippen LogP contribution in [0.15, 0.2) is 35.4 Å². The summed E-state index contributed by atoms with van der Waals surface area (Å²) in [5.74, 6) is 0.372. The third kappa shape index (κ3) is 3.55. The van der Waals surface area contributed by atoms with E-state index < -0.39 is 10.0 Å². The van der Waals surface area contributed by atoms with E-state index in [1.807, 2.05) is 0 Å². The molecule has 0 aliphatic carbocycles. The first-order valence-corrected chi connectivity index (χ1v) is 12.1. The summed E-state index contributed by atoms with van der Waals surface area (Å²) < 4.78 is 33.3. The topological polar surface area (TPSA) is 101 Å². The molecule has 0 saturated carbocycles. The van der Waals surface area contributed by atoms with Crippen LogP contribution in [0.4, 0.5) is 5.13 Å². The smallest absolute Gasteiger partial charge is 0.276 e. The highest BCUT2D eigenvalue weighted by Gasteiger charge is 2.27. The van der Waals surface area contributed by atoms with Crippen molar-refractivity contribution in [2.24, 2.45) is 0 Å². The fraction of sp³-hybridized carbons (Fsp3) is 0.350. The molecular formula is C20H20N4O4S2. The highest BCUT2D eigenvalue weighted by molar-refractivity contribution is 7.89. The Balaban J connectivity index is 1.38. The van der Waals surface area contributed by atoms with Crippen molar-refractivity contribution in [2.75, 3.05) is 25.0 Å². The average Bonchev–Trinajstić information content (AvgIpc) is 3.43. The Bertz CT molecular complexity index is 1230. The van der Waals surface area contributed by atoms with Crippen molar-refractivity contribution < 1.29 is 17.9 Å². The van der Waals surface area contributed by atoms with E-state index >= 15 is 0 Å². The molecule has 3 aromatic rings. The van der Waals surface area contributed by atoms with Gasteiger partial charge in [0.25, 0.3) is 5.91 Å². The second-order valence-corrected chi connectivity index (χ2v) is 10.3. The SMILES string of the molecule is O=C(Nc1nc2ccc(S(=O)(=O)N3CCCC3)cc2s1)c1cc2c(cn1)OCCC2. The van der Waals surface area contributed by atoms with Gasteiger partial charge in [-0.3, -0.25) is 10.1 Å². The lowest BCUT2D eigenvalue weighted by molar-refractivity contribution is 0.102. The van der Waals surface area contributed by atoms with E-state index in [2.05, 4.69) is 15.3 Å². The summed E-state index contributed by atoms with van der Waals surface area (Å²) in [6.07, 6.45) is 5.13. The molecule has 0 unspecified atom stereocenters. The summed E-state index contributed by atoms with van der Waals surface area (Å²) in [5.41, 5.74) is 1.92. The van der Waals surface area contributed by atoms with Crippen molar-refractivity contribution in [3.05, 3.63) is 41.7 Å². The molecule has 0 bridgehead atoms. The Kier molecular flexibility index (Phi) is 4.92. The van der Waals surface area contributed by atoms with Gasteiger partial charge in [-0.1, -0.05) is 11.3 Å². The zero-order valence-corrected chi connectivity index (χ0v) is 17.8. The van der Waals surface area contributed by atoms with Crippen molar-refractivity contribution in [3.8, 4) is 5.75 Å². The molecule has 2 aliphatic heterocycles. The third-order valence-corrected chi connectivity index (χ3v) is 8.14. The lowest BCUT2D eigenvalue weighted by atomic mass is 10.1. The van der Waals surface area contributed by atoms with Gasteiger partial charge in [0.2, 0.25) is 10.0 Å². The lowest BCUT2D eigenvalue weighted by Crippen LogP contribution is -2.27. The minimum Gasteiger partial charge on any atom is -0.492 e. The number of sulfonamides is 1. The van der Waals surface area contributed by atoms with Gasteiger partial charge >= 0.3 is 0 Å². The van der Waals surface area contributed by atoms with Gasteiger partial charge < -0.3 is 4.74 Å². The number of amides is 1. The van der Waals surface area contributed by atoms with E-state index in [1.165, 1.54) is 15.6 Å². The number of anilines is 1. The van der Waals surface area contributed by atoms with E-state index in [1.54, 1.807) is 30.5 Å². The van der Waals surface area contributed by atoms with Crippen LogP contribution in [0.25, 0.3) is 10.2 Å². The van der Waals surface area contributed by atoms with Crippen LogP contribution in [0.3, 0.4) is 0 Å². The monoisotopic (exact) mass is 444 g/mol. The van der Waals surface area contributed by atoms with Crippen molar-refractivity contribution >= 4 is 42.6 Å². The Morgan fingerprint density at radius 3 is 2.83 bits per heavy atom. The zero-order valence-electron chi connectivity index (χ0n) is 16.1. The normalized spacial score (nSPS) is 16.9. The van der Waals surface area contributed by atoms with Gasteiger partial charge in [0.1, 0.15) is 11.4 Å². The average molecular weight is 445 g/mol. The van der Waals surface area contributed by atoms with Gasteiger partial charge in [-0.05, 0) is 55.5 Å². The molecule has 4 heterocycles. The maximum Gasteiger partial charge on any atom is 0.276 e. The minimum absolute atomic E-state index is 0.259. The predicted molar refractivity (Wildman–Crippen MR) is 114 cm³/mol. The molecule has 1 fully saturated rings. The quantitative estimate of drug-likeness (QED) is 0.664. The fourth-order valence-electron chi connectivity index (χ4n) is 3.74. The fourth-order valence-corrected chi connectivity index (χ4v) is 6.25. The van der Waals surface area contributed by atoms with Gasteiger partial charge in [-0.2, -0.15) is 4.31 Å². The number of nitrogens with zero attached hydrogens (tertiary/aromatic N) is 3. The first-order valence-electron chi connectivity index (χ1n) is 9.84. The second kappa shape index (κ2) is 7.60. The number of ether oxygens (including phenoxy) is 1. The van der Waals surface area contributed by atoms with E-state index in [9.17, 15) is 13.2 Å². The molecule has 1 N–H and O–H groups in total. The minimum atomic E-state index is -3.49. The molecule has 10 heteroatoms. The standard InChI is InChI=1S/C20H20N4O4S2/c25-19(16-10-13-4-3-9-28-17(13)12-21-16)23-20-22-15-6-5-14(11-18(15)29-20)30(26,27)24-7-1-2-8-24/h5-6,10-12H,1-4,7-9H2,(H,22,23,25). The molecule has 8 nitrogen and oxygen atoms in total. The van der Waals surface area contributed by atoms with Gasteiger partial charge in [-0.15, -0.1) is 0 Å². The Morgan fingerprint density at radius 1 is 1.17 bits per heavy atom. The first-order chi connectivity index (χ1) is 14.5. The maximum absolute atomic E-state index is 12.8. The van der Waals surface area contributed by atoms with Crippen LogP contribution in [0.1, 0.15) is 35.3 Å². The van der Waals surface area contributed by atoms with Crippen molar-refractivity contribution in [2.45, 2.75) is 30.6 Å². The number of hydrogen-bond acceptors (Lipinski definition) is 7.